The normalized spacial score (nSPS) is 25.5. The number of aryl methyl sites for hydroxylation is 1. The van der Waals surface area contributed by atoms with Crippen molar-refractivity contribution >= 4 is 0 Å². The maximum absolute atomic E-state index is 5.40. The van der Waals surface area contributed by atoms with E-state index in [9.17, 15) is 0 Å². The summed E-state index contributed by atoms with van der Waals surface area (Å²) in [6.45, 7) is 1.80. The van der Waals surface area contributed by atoms with Gasteiger partial charge in [0, 0.05) is 31.5 Å². The number of fused-ring (bicyclic) bond motifs is 1. The van der Waals surface area contributed by atoms with E-state index < -0.39 is 0 Å². The fraction of sp³-hybridized carbons (Fsp3) is 0.643. The molecule has 1 N–H and O–H groups in total. The topological polar surface area (TPSA) is 34.2 Å². The van der Waals surface area contributed by atoms with E-state index in [-0.39, 0.29) is 0 Å². The number of hydrogen-bond donors (Lipinski definition) is 1. The Morgan fingerprint density at radius 3 is 3.00 bits per heavy atom. The molecule has 0 aromatic carbocycles. The Morgan fingerprint density at radius 1 is 1.24 bits per heavy atom. The fourth-order valence-corrected chi connectivity index (χ4v) is 2.92. The van der Waals surface area contributed by atoms with Crippen molar-refractivity contribution in [1.29, 1.82) is 0 Å². The van der Waals surface area contributed by atoms with Crippen LogP contribution in [-0.2, 0) is 11.2 Å². The SMILES string of the molecule is c1cnc2c(c1)CCCC2NC1CCOCC1. The third kappa shape index (κ3) is 2.50. The molecule has 92 valence electrons. The van der Waals surface area contributed by atoms with Crippen molar-refractivity contribution in [3.63, 3.8) is 0 Å². The van der Waals surface area contributed by atoms with Crippen molar-refractivity contribution in [2.45, 2.75) is 44.2 Å². The first-order chi connectivity index (χ1) is 8.43. The van der Waals surface area contributed by atoms with Crippen molar-refractivity contribution in [2.24, 2.45) is 0 Å². The van der Waals surface area contributed by atoms with Gasteiger partial charge < -0.3 is 10.1 Å². The van der Waals surface area contributed by atoms with Gasteiger partial charge in [-0.05, 0) is 43.7 Å². The molecule has 0 spiro atoms. The highest BCUT2D eigenvalue weighted by atomic mass is 16.5. The number of nitrogens with one attached hydrogen (secondary N) is 1. The lowest BCUT2D eigenvalue weighted by molar-refractivity contribution is 0.0739. The van der Waals surface area contributed by atoms with Crippen molar-refractivity contribution in [3.8, 4) is 0 Å². The summed E-state index contributed by atoms with van der Waals surface area (Å²) in [5.41, 5.74) is 2.72. The van der Waals surface area contributed by atoms with E-state index in [0.717, 1.165) is 26.1 Å². The molecule has 1 fully saturated rings. The zero-order valence-corrected chi connectivity index (χ0v) is 10.2. The Hall–Kier alpha value is -0.930. The van der Waals surface area contributed by atoms with Gasteiger partial charge >= 0.3 is 0 Å². The summed E-state index contributed by atoms with van der Waals surface area (Å²) in [7, 11) is 0. The third-order valence-corrected chi connectivity index (χ3v) is 3.85. The second-order valence-corrected chi connectivity index (χ2v) is 5.05. The highest BCUT2D eigenvalue weighted by molar-refractivity contribution is 5.25. The lowest BCUT2D eigenvalue weighted by atomic mass is 9.91. The van der Waals surface area contributed by atoms with Crippen LogP contribution in [0, 0.1) is 0 Å². The monoisotopic (exact) mass is 232 g/mol. The Kier molecular flexibility index (Phi) is 3.39. The lowest BCUT2D eigenvalue weighted by Crippen LogP contribution is -2.38. The van der Waals surface area contributed by atoms with Gasteiger partial charge in [0.05, 0.1) is 5.69 Å². The van der Waals surface area contributed by atoms with Crippen LogP contribution in [0.15, 0.2) is 18.3 Å². The minimum Gasteiger partial charge on any atom is -0.381 e. The highest BCUT2D eigenvalue weighted by Crippen LogP contribution is 2.28. The van der Waals surface area contributed by atoms with Gasteiger partial charge in [-0.3, -0.25) is 4.98 Å². The second-order valence-electron chi connectivity index (χ2n) is 5.05. The largest absolute Gasteiger partial charge is 0.381 e. The van der Waals surface area contributed by atoms with Crippen LogP contribution in [0.3, 0.4) is 0 Å². The minimum absolute atomic E-state index is 0.461. The first kappa shape index (κ1) is 11.2. The Bertz CT molecular complexity index is 374. The summed E-state index contributed by atoms with van der Waals surface area (Å²) in [6, 6.07) is 5.35. The molecule has 1 aromatic heterocycles. The smallest absolute Gasteiger partial charge is 0.0605 e. The molecule has 1 saturated heterocycles. The molecule has 1 atom stereocenters. The molecule has 0 radical (unpaired) electrons. The number of hydrogen-bond acceptors (Lipinski definition) is 3. The van der Waals surface area contributed by atoms with Crippen LogP contribution in [0.4, 0.5) is 0 Å². The number of ether oxygens (including phenoxy) is 1. The highest BCUT2D eigenvalue weighted by Gasteiger charge is 2.24. The van der Waals surface area contributed by atoms with Gasteiger partial charge in [-0.1, -0.05) is 6.07 Å². The fourth-order valence-electron chi connectivity index (χ4n) is 2.92. The van der Waals surface area contributed by atoms with Crippen LogP contribution >= 0.6 is 0 Å². The second kappa shape index (κ2) is 5.15. The molecule has 3 heteroatoms. The van der Waals surface area contributed by atoms with Gasteiger partial charge in [0.1, 0.15) is 0 Å². The van der Waals surface area contributed by atoms with Crippen molar-refractivity contribution < 1.29 is 4.74 Å². The van der Waals surface area contributed by atoms with E-state index >= 15 is 0 Å². The number of aromatic nitrogens is 1. The van der Waals surface area contributed by atoms with Crippen molar-refractivity contribution in [2.75, 3.05) is 13.2 Å². The Labute approximate surface area is 103 Å². The van der Waals surface area contributed by atoms with E-state index in [1.165, 1.54) is 30.5 Å². The van der Waals surface area contributed by atoms with Gasteiger partial charge in [0.2, 0.25) is 0 Å². The van der Waals surface area contributed by atoms with E-state index in [1.807, 2.05) is 6.20 Å². The average molecular weight is 232 g/mol. The third-order valence-electron chi connectivity index (χ3n) is 3.85. The summed E-state index contributed by atoms with van der Waals surface area (Å²) < 4.78 is 5.40. The molecule has 0 bridgehead atoms. The summed E-state index contributed by atoms with van der Waals surface area (Å²) in [5, 5.41) is 3.77. The van der Waals surface area contributed by atoms with Crippen LogP contribution in [0.1, 0.15) is 43.0 Å². The van der Waals surface area contributed by atoms with Crippen LogP contribution in [-0.4, -0.2) is 24.2 Å². The molecule has 1 aliphatic heterocycles. The maximum Gasteiger partial charge on any atom is 0.0605 e. The van der Waals surface area contributed by atoms with E-state index in [2.05, 4.69) is 22.4 Å². The molecule has 0 amide bonds. The lowest BCUT2D eigenvalue weighted by Gasteiger charge is -2.31. The van der Waals surface area contributed by atoms with Crippen molar-refractivity contribution in [1.82, 2.24) is 10.3 Å². The summed E-state index contributed by atoms with van der Waals surface area (Å²) in [6.07, 6.45) is 7.89. The quantitative estimate of drug-likeness (QED) is 0.849. The Morgan fingerprint density at radius 2 is 2.12 bits per heavy atom. The molecule has 3 rings (SSSR count). The van der Waals surface area contributed by atoms with Gasteiger partial charge in [-0.2, -0.15) is 0 Å². The molecule has 1 aliphatic carbocycles. The summed E-state index contributed by atoms with van der Waals surface area (Å²) in [5.74, 6) is 0. The maximum atomic E-state index is 5.40. The molecular formula is C14H20N2O. The first-order valence-electron chi connectivity index (χ1n) is 6.71. The van der Waals surface area contributed by atoms with Crippen LogP contribution in [0.2, 0.25) is 0 Å². The van der Waals surface area contributed by atoms with Crippen LogP contribution < -0.4 is 5.32 Å². The summed E-state index contributed by atoms with van der Waals surface area (Å²) >= 11 is 0. The molecule has 3 nitrogen and oxygen atoms in total. The Balaban J connectivity index is 1.71. The molecule has 0 saturated carbocycles. The average Bonchev–Trinajstić information content (AvgIpc) is 2.40. The minimum atomic E-state index is 0.461. The molecule has 2 aliphatic rings. The number of pyridine rings is 1. The van der Waals surface area contributed by atoms with E-state index in [1.54, 1.807) is 0 Å². The van der Waals surface area contributed by atoms with Crippen LogP contribution in [0.5, 0.6) is 0 Å². The molecular weight excluding hydrogens is 212 g/mol. The van der Waals surface area contributed by atoms with Gasteiger partial charge in [0.15, 0.2) is 0 Å². The molecule has 1 aromatic rings. The number of nitrogens with zero attached hydrogens (tertiary/aromatic N) is 1. The standard InChI is InChI=1S/C14H20N2O/c1-3-11-4-2-8-15-14(11)13(5-1)16-12-6-9-17-10-7-12/h2,4,8,12-13,16H,1,3,5-7,9-10H2. The van der Waals surface area contributed by atoms with Gasteiger partial charge in [-0.25, -0.2) is 0 Å². The molecule has 2 heterocycles. The zero-order chi connectivity index (χ0) is 11.5. The number of rotatable bonds is 2. The van der Waals surface area contributed by atoms with E-state index in [0.29, 0.717) is 12.1 Å². The zero-order valence-electron chi connectivity index (χ0n) is 10.2. The first-order valence-corrected chi connectivity index (χ1v) is 6.71. The molecule has 1 unspecified atom stereocenters. The van der Waals surface area contributed by atoms with Gasteiger partial charge in [-0.15, -0.1) is 0 Å². The van der Waals surface area contributed by atoms with Gasteiger partial charge in [0.25, 0.3) is 0 Å². The predicted octanol–water partition coefficient (Wildman–Crippen LogP) is 2.23. The summed E-state index contributed by atoms with van der Waals surface area (Å²) in [4.78, 5) is 4.57. The van der Waals surface area contributed by atoms with Crippen LogP contribution in [0.25, 0.3) is 0 Å². The van der Waals surface area contributed by atoms with E-state index in [4.69, 9.17) is 4.74 Å². The predicted molar refractivity (Wildman–Crippen MR) is 66.9 cm³/mol. The van der Waals surface area contributed by atoms with Crippen molar-refractivity contribution in [3.05, 3.63) is 29.6 Å². The molecule has 17 heavy (non-hydrogen) atoms.